The van der Waals surface area contributed by atoms with Gasteiger partial charge in [0.2, 0.25) is 0 Å². The standard InChI is InChI=1S/C10H24N2.H4N2/c1-3-8-12(9-4-2)10-6-5-7-11;1-2/h3-11H2,1-2H3;1-2H2. The van der Waals surface area contributed by atoms with Gasteiger partial charge in [0, 0.05) is 0 Å². The van der Waals surface area contributed by atoms with Crippen LogP contribution in [0.4, 0.5) is 0 Å². The van der Waals surface area contributed by atoms with Gasteiger partial charge in [-0.3, -0.25) is 11.7 Å². The minimum atomic E-state index is 0.839. The zero-order valence-electron chi connectivity index (χ0n) is 9.84. The normalized spacial score (nSPS) is 9.86. The molecule has 0 heterocycles. The van der Waals surface area contributed by atoms with Crippen molar-refractivity contribution in [3.8, 4) is 0 Å². The van der Waals surface area contributed by atoms with Crippen molar-refractivity contribution in [2.75, 3.05) is 26.2 Å². The van der Waals surface area contributed by atoms with Gasteiger partial charge in [0.1, 0.15) is 0 Å². The van der Waals surface area contributed by atoms with E-state index in [0.29, 0.717) is 0 Å². The molecule has 0 amide bonds. The second-order valence-electron chi connectivity index (χ2n) is 3.34. The van der Waals surface area contributed by atoms with Crippen molar-refractivity contribution < 1.29 is 0 Å². The number of unbranched alkanes of at least 4 members (excludes halogenated alkanes) is 1. The molecular formula is C10H28N4. The van der Waals surface area contributed by atoms with Crippen LogP contribution in [0.15, 0.2) is 0 Å². The molecule has 0 spiro atoms. The highest BCUT2D eigenvalue weighted by molar-refractivity contribution is 4.56. The maximum absolute atomic E-state index is 5.44. The molecule has 0 saturated carbocycles. The van der Waals surface area contributed by atoms with Crippen LogP contribution in [0.2, 0.25) is 0 Å². The van der Waals surface area contributed by atoms with Crippen LogP contribution >= 0.6 is 0 Å². The summed E-state index contributed by atoms with van der Waals surface area (Å²) in [4.78, 5) is 2.54. The molecule has 4 nitrogen and oxygen atoms in total. The molecule has 0 aromatic rings. The van der Waals surface area contributed by atoms with Crippen molar-refractivity contribution in [1.82, 2.24) is 4.90 Å². The largest absolute Gasteiger partial charge is 0.330 e. The number of rotatable bonds is 8. The summed E-state index contributed by atoms with van der Waals surface area (Å²) in [5.74, 6) is 8.00. The summed E-state index contributed by atoms with van der Waals surface area (Å²) in [6.07, 6.45) is 4.96. The first kappa shape index (κ1) is 16.3. The first-order valence-corrected chi connectivity index (χ1v) is 5.60. The van der Waals surface area contributed by atoms with Crippen LogP contribution in [0.3, 0.4) is 0 Å². The Labute approximate surface area is 88.8 Å². The van der Waals surface area contributed by atoms with E-state index in [1.54, 1.807) is 0 Å². The lowest BCUT2D eigenvalue weighted by Crippen LogP contribution is -2.26. The molecule has 0 rings (SSSR count). The predicted molar refractivity (Wildman–Crippen MR) is 63.7 cm³/mol. The molecule has 0 saturated heterocycles. The van der Waals surface area contributed by atoms with Gasteiger partial charge in [0.05, 0.1) is 0 Å². The molecule has 0 atom stereocenters. The van der Waals surface area contributed by atoms with Crippen LogP contribution < -0.4 is 17.4 Å². The molecular weight excluding hydrogens is 176 g/mol. The van der Waals surface area contributed by atoms with Gasteiger partial charge in [-0.05, 0) is 51.9 Å². The number of nitrogens with zero attached hydrogens (tertiary/aromatic N) is 1. The summed E-state index contributed by atoms with van der Waals surface area (Å²) in [5, 5.41) is 0. The first-order valence-electron chi connectivity index (χ1n) is 5.60. The fourth-order valence-corrected chi connectivity index (χ4v) is 1.45. The van der Waals surface area contributed by atoms with E-state index in [4.69, 9.17) is 5.73 Å². The Bertz CT molecular complexity index is 82.2. The van der Waals surface area contributed by atoms with Crippen LogP contribution in [0, 0.1) is 0 Å². The van der Waals surface area contributed by atoms with E-state index in [2.05, 4.69) is 30.4 Å². The molecule has 0 fully saturated rings. The highest BCUT2D eigenvalue weighted by atomic mass is 15.1. The van der Waals surface area contributed by atoms with E-state index in [1.807, 2.05) is 0 Å². The molecule has 0 aliphatic rings. The second-order valence-corrected chi connectivity index (χ2v) is 3.34. The Hall–Kier alpha value is -0.160. The number of hydrogen-bond acceptors (Lipinski definition) is 4. The summed E-state index contributed by atoms with van der Waals surface area (Å²) in [6, 6.07) is 0. The smallest absolute Gasteiger partial charge is 0.00183 e. The zero-order chi connectivity index (χ0) is 11.2. The second kappa shape index (κ2) is 15.3. The molecule has 14 heavy (non-hydrogen) atoms. The van der Waals surface area contributed by atoms with Gasteiger partial charge >= 0.3 is 0 Å². The highest BCUT2D eigenvalue weighted by Crippen LogP contribution is 1.97. The number of hydrazine groups is 1. The molecule has 0 aromatic heterocycles. The molecule has 6 N–H and O–H groups in total. The summed E-state index contributed by atoms with van der Waals surface area (Å²) < 4.78 is 0. The third-order valence-corrected chi connectivity index (χ3v) is 2.01. The Balaban J connectivity index is 0. The van der Waals surface area contributed by atoms with Crippen molar-refractivity contribution >= 4 is 0 Å². The molecule has 0 radical (unpaired) electrons. The molecule has 0 aromatic carbocycles. The van der Waals surface area contributed by atoms with Crippen molar-refractivity contribution in [3.63, 3.8) is 0 Å². The minimum Gasteiger partial charge on any atom is -0.330 e. The van der Waals surface area contributed by atoms with E-state index in [9.17, 15) is 0 Å². The van der Waals surface area contributed by atoms with Gasteiger partial charge in [-0.2, -0.15) is 0 Å². The van der Waals surface area contributed by atoms with Crippen molar-refractivity contribution in [2.45, 2.75) is 39.5 Å². The SMILES string of the molecule is CCCN(CCC)CCCCN.NN. The fraction of sp³-hybridized carbons (Fsp3) is 1.00. The molecule has 88 valence electrons. The third kappa shape index (κ3) is 11.8. The van der Waals surface area contributed by atoms with Crippen LogP contribution in [0.5, 0.6) is 0 Å². The average Bonchev–Trinajstić information content (AvgIpc) is 2.22. The summed E-state index contributed by atoms with van der Waals surface area (Å²) in [6.45, 7) is 9.05. The van der Waals surface area contributed by atoms with Crippen LogP contribution in [-0.2, 0) is 0 Å². The number of hydrogen-bond donors (Lipinski definition) is 3. The maximum atomic E-state index is 5.44. The van der Waals surface area contributed by atoms with Crippen molar-refractivity contribution in [1.29, 1.82) is 0 Å². The van der Waals surface area contributed by atoms with Crippen molar-refractivity contribution in [3.05, 3.63) is 0 Å². The van der Waals surface area contributed by atoms with E-state index < -0.39 is 0 Å². The van der Waals surface area contributed by atoms with Gasteiger partial charge in [-0.1, -0.05) is 13.8 Å². The van der Waals surface area contributed by atoms with E-state index in [0.717, 1.165) is 6.54 Å². The first-order chi connectivity index (χ1) is 6.85. The Kier molecular flexibility index (Phi) is 17.8. The van der Waals surface area contributed by atoms with Crippen LogP contribution in [0.25, 0.3) is 0 Å². The van der Waals surface area contributed by atoms with Gasteiger partial charge in [-0.25, -0.2) is 0 Å². The molecule has 0 bridgehead atoms. The fourth-order valence-electron chi connectivity index (χ4n) is 1.45. The Morgan fingerprint density at radius 3 is 1.71 bits per heavy atom. The van der Waals surface area contributed by atoms with Gasteiger partial charge in [0.25, 0.3) is 0 Å². The molecule has 0 unspecified atom stereocenters. The Morgan fingerprint density at radius 1 is 0.857 bits per heavy atom. The predicted octanol–water partition coefficient (Wildman–Crippen LogP) is 0.666. The van der Waals surface area contributed by atoms with Gasteiger partial charge in [0.15, 0.2) is 0 Å². The average molecular weight is 204 g/mol. The summed E-state index contributed by atoms with van der Waals surface area (Å²) in [5.41, 5.74) is 5.44. The highest BCUT2D eigenvalue weighted by Gasteiger charge is 2.00. The molecule has 4 heteroatoms. The van der Waals surface area contributed by atoms with E-state index in [1.165, 1.54) is 45.3 Å². The van der Waals surface area contributed by atoms with Crippen LogP contribution in [0.1, 0.15) is 39.5 Å². The topological polar surface area (TPSA) is 81.3 Å². The Morgan fingerprint density at radius 2 is 1.36 bits per heavy atom. The quantitative estimate of drug-likeness (QED) is 0.308. The maximum Gasteiger partial charge on any atom is -0.00183 e. The zero-order valence-corrected chi connectivity index (χ0v) is 9.84. The molecule has 0 aliphatic carbocycles. The lowest BCUT2D eigenvalue weighted by atomic mass is 10.2. The van der Waals surface area contributed by atoms with E-state index in [-0.39, 0.29) is 0 Å². The molecule has 0 aliphatic heterocycles. The number of nitrogens with two attached hydrogens (primary N) is 3. The van der Waals surface area contributed by atoms with Crippen LogP contribution in [-0.4, -0.2) is 31.1 Å². The van der Waals surface area contributed by atoms with Gasteiger partial charge in [-0.15, -0.1) is 0 Å². The van der Waals surface area contributed by atoms with Gasteiger partial charge < -0.3 is 10.6 Å². The monoisotopic (exact) mass is 204 g/mol. The summed E-state index contributed by atoms with van der Waals surface area (Å²) >= 11 is 0. The van der Waals surface area contributed by atoms with E-state index >= 15 is 0 Å². The third-order valence-electron chi connectivity index (χ3n) is 2.01. The lowest BCUT2D eigenvalue weighted by molar-refractivity contribution is 0.269. The summed E-state index contributed by atoms with van der Waals surface area (Å²) in [7, 11) is 0. The lowest BCUT2D eigenvalue weighted by Gasteiger charge is -2.20. The van der Waals surface area contributed by atoms with Crippen molar-refractivity contribution in [2.24, 2.45) is 17.4 Å². The minimum absolute atomic E-state index is 0.839.